The van der Waals surface area contributed by atoms with Crippen LogP contribution in [0, 0.1) is 11.6 Å². The highest BCUT2D eigenvalue weighted by Crippen LogP contribution is 2.24. The molecule has 0 radical (unpaired) electrons. The van der Waals surface area contributed by atoms with Crippen LogP contribution < -0.4 is 5.73 Å². The number of benzene rings is 1. The van der Waals surface area contributed by atoms with Gasteiger partial charge >= 0.3 is 0 Å². The van der Waals surface area contributed by atoms with Gasteiger partial charge in [0.1, 0.15) is 11.6 Å². The van der Waals surface area contributed by atoms with Crippen molar-refractivity contribution in [3.05, 3.63) is 34.4 Å². The van der Waals surface area contributed by atoms with Crippen molar-refractivity contribution in [2.45, 2.75) is 12.5 Å². The minimum absolute atomic E-state index is 0.0139. The van der Waals surface area contributed by atoms with Crippen LogP contribution in [0.2, 0.25) is 5.02 Å². The predicted molar refractivity (Wildman–Crippen MR) is 50.0 cm³/mol. The van der Waals surface area contributed by atoms with Crippen LogP contribution in [0.5, 0.6) is 0 Å². The average molecular weight is 222 g/mol. The Morgan fingerprint density at radius 2 is 1.86 bits per heavy atom. The molecule has 1 aromatic rings. The van der Waals surface area contributed by atoms with Gasteiger partial charge in [-0.05, 0) is 18.6 Å². The van der Waals surface area contributed by atoms with E-state index in [1.165, 1.54) is 0 Å². The lowest BCUT2D eigenvalue weighted by Gasteiger charge is -2.12. The van der Waals surface area contributed by atoms with Gasteiger partial charge in [0.15, 0.2) is 0 Å². The molecule has 0 spiro atoms. The molecular formula is C9H10ClF2NO. The number of aliphatic hydroxyl groups is 1. The van der Waals surface area contributed by atoms with Gasteiger partial charge in [-0.3, -0.25) is 0 Å². The van der Waals surface area contributed by atoms with Crippen molar-refractivity contribution >= 4 is 11.6 Å². The Kier molecular flexibility index (Phi) is 3.80. The van der Waals surface area contributed by atoms with Crippen LogP contribution in [0.4, 0.5) is 8.78 Å². The summed E-state index contributed by atoms with van der Waals surface area (Å²) in [6.45, 7) is -0.220. The highest BCUT2D eigenvalue weighted by Gasteiger charge is 2.17. The highest BCUT2D eigenvalue weighted by molar-refractivity contribution is 6.30. The minimum Gasteiger partial charge on any atom is -0.396 e. The fourth-order valence-electron chi connectivity index (χ4n) is 1.19. The van der Waals surface area contributed by atoms with Crippen molar-refractivity contribution in [1.29, 1.82) is 0 Å². The van der Waals surface area contributed by atoms with E-state index < -0.39 is 17.7 Å². The van der Waals surface area contributed by atoms with Crippen LogP contribution in [0.1, 0.15) is 18.0 Å². The molecule has 0 saturated carbocycles. The number of rotatable bonds is 3. The molecule has 1 unspecified atom stereocenters. The van der Waals surface area contributed by atoms with Crippen LogP contribution >= 0.6 is 11.6 Å². The predicted octanol–water partition coefficient (Wildman–Crippen LogP) is 2.00. The third-order valence-electron chi connectivity index (χ3n) is 1.85. The number of hydrogen-bond donors (Lipinski definition) is 2. The van der Waals surface area contributed by atoms with E-state index in [0.717, 1.165) is 12.1 Å². The number of nitrogens with two attached hydrogens (primary N) is 1. The van der Waals surface area contributed by atoms with E-state index in [9.17, 15) is 8.78 Å². The molecule has 0 fully saturated rings. The van der Waals surface area contributed by atoms with E-state index in [1.807, 2.05) is 0 Å². The first kappa shape index (κ1) is 11.4. The zero-order valence-corrected chi connectivity index (χ0v) is 8.06. The molecule has 1 aromatic carbocycles. The summed E-state index contributed by atoms with van der Waals surface area (Å²) in [7, 11) is 0. The zero-order chi connectivity index (χ0) is 10.7. The lowest BCUT2D eigenvalue weighted by molar-refractivity contribution is 0.274. The molecule has 2 nitrogen and oxygen atoms in total. The fraction of sp³-hybridized carbons (Fsp3) is 0.333. The zero-order valence-electron chi connectivity index (χ0n) is 7.30. The van der Waals surface area contributed by atoms with Gasteiger partial charge in [0, 0.05) is 23.2 Å². The Bertz CT molecular complexity index is 310. The second-order valence-electron chi connectivity index (χ2n) is 2.90. The second-order valence-corrected chi connectivity index (χ2v) is 3.34. The summed E-state index contributed by atoms with van der Waals surface area (Å²) in [5.41, 5.74) is 5.24. The first-order valence-electron chi connectivity index (χ1n) is 4.07. The molecule has 0 bridgehead atoms. The van der Waals surface area contributed by atoms with E-state index in [4.69, 9.17) is 22.4 Å². The maximum absolute atomic E-state index is 13.2. The molecule has 3 N–H and O–H groups in total. The lowest BCUT2D eigenvalue weighted by Crippen LogP contribution is -2.15. The van der Waals surface area contributed by atoms with Crippen LogP contribution in [-0.4, -0.2) is 11.7 Å². The minimum atomic E-state index is -0.850. The normalized spacial score (nSPS) is 12.9. The Morgan fingerprint density at radius 1 is 1.36 bits per heavy atom. The maximum atomic E-state index is 13.2. The van der Waals surface area contributed by atoms with E-state index in [1.54, 1.807) is 0 Å². The van der Waals surface area contributed by atoms with Crippen molar-refractivity contribution < 1.29 is 13.9 Å². The smallest absolute Gasteiger partial charge is 0.132 e. The molecule has 0 aliphatic rings. The molecule has 0 heterocycles. The SMILES string of the molecule is NC(CCO)c1c(F)cc(Cl)cc1F. The molecule has 0 aromatic heterocycles. The Labute approximate surface area is 85.3 Å². The third kappa shape index (κ3) is 2.41. The number of halogens is 3. The Hall–Kier alpha value is -0.710. The van der Waals surface area contributed by atoms with Crippen molar-refractivity contribution in [3.63, 3.8) is 0 Å². The van der Waals surface area contributed by atoms with Gasteiger partial charge in [0.05, 0.1) is 0 Å². The summed E-state index contributed by atoms with van der Waals surface area (Å²) in [5.74, 6) is -1.56. The molecule has 0 amide bonds. The van der Waals surface area contributed by atoms with Gasteiger partial charge in [-0.1, -0.05) is 11.6 Å². The van der Waals surface area contributed by atoms with Gasteiger partial charge in [0.2, 0.25) is 0 Å². The van der Waals surface area contributed by atoms with Crippen molar-refractivity contribution in [2.75, 3.05) is 6.61 Å². The Morgan fingerprint density at radius 3 is 2.29 bits per heavy atom. The van der Waals surface area contributed by atoms with Crippen LogP contribution in [-0.2, 0) is 0 Å². The van der Waals surface area contributed by atoms with E-state index >= 15 is 0 Å². The first-order chi connectivity index (χ1) is 6.56. The average Bonchev–Trinajstić information content (AvgIpc) is 2.01. The molecule has 1 atom stereocenters. The van der Waals surface area contributed by atoms with Gasteiger partial charge in [-0.15, -0.1) is 0 Å². The van der Waals surface area contributed by atoms with E-state index in [0.29, 0.717) is 0 Å². The first-order valence-corrected chi connectivity index (χ1v) is 4.45. The topological polar surface area (TPSA) is 46.2 Å². The molecule has 1 rings (SSSR count). The van der Waals surface area contributed by atoms with E-state index in [-0.39, 0.29) is 23.6 Å². The van der Waals surface area contributed by atoms with Crippen molar-refractivity contribution in [2.24, 2.45) is 5.73 Å². The van der Waals surface area contributed by atoms with Crippen LogP contribution in [0.15, 0.2) is 12.1 Å². The molecular weight excluding hydrogens is 212 g/mol. The van der Waals surface area contributed by atoms with Crippen molar-refractivity contribution in [3.8, 4) is 0 Å². The largest absolute Gasteiger partial charge is 0.396 e. The summed E-state index contributed by atoms with van der Waals surface area (Å²) >= 11 is 5.43. The number of aliphatic hydroxyl groups excluding tert-OH is 1. The molecule has 5 heteroatoms. The summed E-state index contributed by atoms with van der Waals surface area (Å²) < 4.78 is 26.4. The summed E-state index contributed by atoms with van der Waals surface area (Å²) in [6, 6.07) is 1.14. The second kappa shape index (κ2) is 4.68. The molecule has 0 saturated heterocycles. The molecule has 14 heavy (non-hydrogen) atoms. The molecule has 0 aliphatic carbocycles. The van der Waals surface area contributed by atoms with E-state index in [2.05, 4.69) is 0 Å². The van der Waals surface area contributed by atoms with Gasteiger partial charge in [-0.2, -0.15) is 0 Å². The summed E-state index contributed by atoms with van der Waals surface area (Å²) in [4.78, 5) is 0. The maximum Gasteiger partial charge on any atom is 0.132 e. The number of hydrogen-bond acceptors (Lipinski definition) is 2. The highest BCUT2D eigenvalue weighted by atomic mass is 35.5. The lowest BCUT2D eigenvalue weighted by atomic mass is 10.0. The monoisotopic (exact) mass is 221 g/mol. The quantitative estimate of drug-likeness (QED) is 0.820. The summed E-state index contributed by atoms with van der Waals surface area (Å²) in [5, 5.41) is 8.57. The van der Waals surface area contributed by atoms with Gasteiger partial charge in [-0.25, -0.2) is 8.78 Å². The third-order valence-corrected chi connectivity index (χ3v) is 2.07. The van der Waals surface area contributed by atoms with Crippen LogP contribution in [0.3, 0.4) is 0 Å². The molecule has 0 aliphatic heterocycles. The van der Waals surface area contributed by atoms with Gasteiger partial charge < -0.3 is 10.8 Å². The van der Waals surface area contributed by atoms with Gasteiger partial charge in [0.25, 0.3) is 0 Å². The van der Waals surface area contributed by atoms with Crippen molar-refractivity contribution in [1.82, 2.24) is 0 Å². The Balaban J connectivity index is 3.07. The fourth-order valence-corrected chi connectivity index (χ4v) is 1.38. The molecule has 78 valence electrons. The standard InChI is InChI=1S/C9H10ClF2NO/c10-5-3-6(11)9(7(12)4-5)8(13)1-2-14/h3-4,8,14H,1-2,13H2. The van der Waals surface area contributed by atoms with Crippen LogP contribution in [0.25, 0.3) is 0 Å². The summed E-state index contributed by atoms with van der Waals surface area (Å²) in [6.07, 6.45) is 0.107.